The van der Waals surface area contributed by atoms with E-state index in [9.17, 15) is 9.59 Å². The summed E-state index contributed by atoms with van der Waals surface area (Å²) in [5, 5.41) is 0.928. The molecule has 1 atom stereocenters. The Kier molecular flexibility index (Phi) is 10.0. The molecule has 1 aromatic heterocycles. The van der Waals surface area contributed by atoms with Crippen molar-refractivity contribution in [3.05, 3.63) is 149 Å². The Hall–Kier alpha value is -4.83. The van der Waals surface area contributed by atoms with Gasteiger partial charge in [0.1, 0.15) is 12.4 Å². The summed E-state index contributed by atoms with van der Waals surface area (Å²) in [4.78, 5) is 33.4. The minimum atomic E-state index is -0.863. The lowest BCUT2D eigenvalue weighted by Crippen LogP contribution is -2.40. The second kappa shape index (κ2) is 14.5. The maximum Gasteiger partial charge on any atom is 0.338 e. The summed E-state index contributed by atoms with van der Waals surface area (Å²) in [6.07, 6.45) is 1.79. The van der Waals surface area contributed by atoms with Crippen LogP contribution in [0.3, 0.4) is 0 Å². The molecule has 0 amide bonds. The zero-order valence-corrected chi connectivity index (χ0v) is 28.6. The van der Waals surface area contributed by atoms with Gasteiger partial charge in [0.05, 0.1) is 52.7 Å². The molecule has 8 nitrogen and oxygen atoms in total. The second-order valence-electron chi connectivity index (χ2n) is 10.7. The van der Waals surface area contributed by atoms with E-state index in [4.69, 9.17) is 47.1 Å². The quantitative estimate of drug-likeness (QED) is 0.148. The van der Waals surface area contributed by atoms with Gasteiger partial charge in [0.15, 0.2) is 16.3 Å². The van der Waals surface area contributed by atoms with Gasteiger partial charge in [0, 0.05) is 5.56 Å². The van der Waals surface area contributed by atoms with Crippen LogP contribution in [0.25, 0.3) is 11.8 Å². The van der Waals surface area contributed by atoms with E-state index in [0.717, 1.165) is 16.7 Å². The van der Waals surface area contributed by atoms with Gasteiger partial charge in [0.2, 0.25) is 0 Å². The van der Waals surface area contributed by atoms with Gasteiger partial charge in [-0.05, 0) is 66.1 Å². The van der Waals surface area contributed by atoms with Crippen molar-refractivity contribution in [2.45, 2.75) is 19.6 Å². The number of carbonyl (C=O) groups excluding carboxylic acids is 1. The molecule has 0 unspecified atom stereocenters. The molecule has 1 aliphatic rings. The topological polar surface area (TPSA) is 88.4 Å². The smallest absolute Gasteiger partial charge is 0.338 e. The Bertz CT molecular complexity index is 2210. The van der Waals surface area contributed by atoms with Crippen LogP contribution in [0, 0.1) is 0 Å². The van der Waals surface area contributed by atoms with Gasteiger partial charge in [-0.1, -0.05) is 89.1 Å². The van der Waals surface area contributed by atoms with Gasteiger partial charge in [-0.15, -0.1) is 0 Å². The van der Waals surface area contributed by atoms with Crippen LogP contribution in [0.1, 0.15) is 35.2 Å². The third kappa shape index (κ3) is 6.75. The van der Waals surface area contributed by atoms with E-state index in [-0.39, 0.29) is 24.3 Å². The van der Waals surface area contributed by atoms with Crippen LogP contribution in [0.4, 0.5) is 0 Å². The van der Waals surface area contributed by atoms with E-state index in [2.05, 4.69) is 0 Å². The molecule has 0 radical (unpaired) electrons. The fraction of sp³-hybridized carbons (Fsp3) is 0.162. The standard InChI is InChI=1S/C37H30Cl2N2O6S/c1-4-46-36(43)32-33(24-10-6-5-7-11-24)40-37-41(34(32)25-14-16-29(44-2)30(20-25)45-3)35(42)31(48-37)19-22-9-8-12-26(17-22)47-21-23-13-15-27(38)28(39)18-23/h5-20,34H,4,21H2,1-3H3/b31-19+/t34-/m1/s1. The molecular formula is C37H30Cl2N2O6S. The first kappa shape index (κ1) is 33.1. The monoisotopic (exact) mass is 700 g/mol. The summed E-state index contributed by atoms with van der Waals surface area (Å²) in [6, 6.07) is 26.6. The number of thiazole rings is 1. The van der Waals surface area contributed by atoms with Crippen molar-refractivity contribution in [3.8, 4) is 17.2 Å². The van der Waals surface area contributed by atoms with Crippen molar-refractivity contribution in [2.75, 3.05) is 20.8 Å². The van der Waals surface area contributed by atoms with E-state index < -0.39 is 12.0 Å². The molecule has 0 saturated heterocycles. The predicted octanol–water partition coefficient (Wildman–Crippen LogP) is 6.84. The molecule has 0 saturated carbocycles. The summed E-state index contributed by atoms with van der Waals surface area (Å²) in [7, 11) is 3.08. The number of rotatable bonds is 10. The van der Waals surface area contributed by atoms with Crippen LogP contribution < -0.4 is 29.1 Å². The Balaban J connectivity index is 1.49. The van der Waals surface area contributed by atoms with Crippen LogP contribution in [0.2, 0.25) is 10.0 Å². The summed E-state index contributed by atoms with van der Waals surface area (Å²) in [6.45, 7) is 2.17. The zero-order chi connectivity index (χ0) is 33.8. The lowest BCUT2D eigenvalue weighted by molar-refractivity contribution is -0.138. The fourth-order valence-corrected chi connectivity index (χ4v) is 6.74. The molecule has 0 aliphatic carbocycles. The molecule has 0 spiro atoms. The normalized spacial score (nSPS) is 14.3. The third-order valence-corrected chi connectivity index (χ3v) is 9.36. The summed E-state index contributed by atoms with van der Waals surface area (Å²) < 4.78 is 24.6. The molecule has 11 heteroatoms. The Morgan fingerprint density at radius 3 is 2.44 bits per heavy atom. The maximum atomic E-state index is 14.3. The largest absolute Gasteiger partial charge is 0.493 e. The average Bonchev–Trinajstić information content (AvgIpc) is 3.42. The Labute approximate surface area is 290 Å². The molecule has 1 aliphatic heterocycles. The molecule has 244 valence electrons. The SMILES string of the molecule is CCOC(=O)C1=C(c2ccccc2)N=c2s/c(=C/c3cccc(OCc4ccc(Cl)c(Cl)c4)c3)c(=O)n2[C@@H]1c1ccc(OC)c(OC)c1. The van der Waals surface area contributed by atoms with Crippen molar-refractivity contribution in [3.63, 3.8) is 0 Å². The van der Waals surface area contributed by atoms with Gasteiger partial charge in [-0.3, -0.25) is 9.36 Å². The van der Waals surface area contributed by atoms with Crippen molar-refractivity contribution >= 4 is 52.3 Å². The second-order valence-corrected chi connectivity index (χ2v) is 12.5. The minimum absolute atomic E-state index is 0.150. The number of carbonyl (C=O) groups is 1. The molecule has 4 aromatic carbocycles. The van der Waals surface area contributed by atoms with Gasteiger partial charge >= 0.3 is 5.97 Å². The van der Waals surface area contributed by atoms with Crippen molar-refractivity contribution in [1.29, 1.82) is 0 Å². The highest BCUT2D eigenvalue weighted by atomic mass is 35.5. The average molecular weight is 702 g/mol. The number of hydrogen-bond acceptors (Lipinski definition) is 8. The first-order valence-corrected chi connectivity index (χ1v) is 16.6. The molecule has 6 rings (SSSR count). The number of hydrogen-bond donors (Lipinski definition) is 0. The highest BCUT2D eigenvalue weighted by Crippen LogP contribution is 2.38. The number of methoxy groups -OCH3 is 2. The molecule has 48 heavy (non-hydrogen) atoms. The van der Waals surface area contributed by atoms with Crippen LogP contribution in [-0.4, -0.2) is 31.4 Å². The molecule has 0 fully saturated rings. The van der Waals surface area contributed by atoms with E-state index in [1.54, 1.807) is 48.9 Å². The maximum absolute atomic E-state index is 14.3. The van der Waals surface area contributed by atoms with E-state index in [1.807, 2.05) is 66.7 Å². The Morgan fingerprint density at radius 2 is 1.71 bits per heavy atom. The third-order valence-electron chi connectivity index (χ3n) is 7.64. The van der Waals surface area contributed by atoms with E-state index >= 15 is 0 Å². The number of esters is 1. The highest BCUT2D eigenvalue weighted by Gasteiger charge is 2.35. The molecule has 0 N–H and O–H groups in total. The first-order valence-electron chi connectivity index (χ1n) is 15.0. The molecular weight excluding hydrogens is 671 g/mol. The number of halogens is 2. The molecule has 2 heterocycles. The predicted molar refractivity (Wildman–Crippen MR) is 188 cm³/mol. The lowest BCUT2D eigenvalue weighted by atomic mass is 9.93. The van der Waals surface area contributed by atoms with Crippen LogP contribution in [0.5, 0.6) is 17.2 Å². The van der Waals surface area contributed by atoms with Gasteiger partial charge in [0.25, 0.3) is 5.56 Å². The van der Waals surface area contributed by atoms with Crippen LogP contribution in [0.15, 0.2) is 106 Å². The fourth-order valence-electron chi connectivity index (χ4n) is 5.42. The number of nitrogens with zero attached hydrogens (tertiary/aromatic N) is 2. The van der Waals surface area contributed by atoms with Gasteiger partial charge in [-0.2, -0.15) is 0 Å². The van der Waals surface area contributed by atoms with Crippen molar-refractivity contribution in [2.24, 2.45) is 4.99 Å². The number of benzene rings is 4. The van der Waals surface area contributed by atoms with Gasteiger partial charge < -0.3 is 18.9 Å². The first-order chi connectivity index (χ1) is 23.3. The zero-order valence-electron chi connectivity index (χ0n) is 26.2. The van der Waals surface area contributed by atoms with Crippen LogP contribution in [-0.2, 0) is 16.1 Å². The highest BCUT2D eigenvalue weighted by molar-refractivity contribution is 7.07. The molecule has 5 aromatic rings. The van der Waals surface area contributed by atoms with Crippen LogP contribution >= 0.6 is 34.5 Å². The minimum Gasteiger partial charge on any atom is -0.493 e. The van der Waals surface area contributed by atoms with Gasteiger partial charge in [-0.25, -0.2) is 9.79 Å². The summed E-state index contributed by atoms with van der Waals surface area (Å²) >= 11 is 13.4. The molecule has 0 bridgehead atoms. The van der Waals surface area contributed by atoms with Crippen molar-refractivity contribution < 1.29 is 23.7 Å². The number of ether oxygens (including phenoxy) is 4. The number of aromatic nitrogens is 1. The van der Waals surface area contributed by atoms with E-state index in [0.29, 0.717) is 47.9 Å². The van der Waals surface area contributed by atoms with Crippen molar-refractivity contribution in [1.82, 2.24) is 4.57 Å². The van der Waals surface area contributed by atoms with E-state index in [1.165, 1.54) is 18.4 Å². The summed E-state index contributed by atoms with van der Waals surface area (Å²) in [5.74, 6) is 1.01. The summed E-state index contributed by atoms with van der Waals surface area (Å²) in [5.41, 5.74) is 3.33. The Morgan fingerprint density at radius 1 is 0.917 bits per heavy atom. The number of fused-ring (bicyclic) bond motifs is 1. The lowest BCUT2D eigenvalue weighted by Gasteiger charge is -2.26.